The Hall–Kier alpha value is -0.570. The number of aliphatic hydroxyl groups is 1. The van der Waals surface area contributed by atoms with Crippen molar-refractivity contribution in [3.63, 3.8) is 0 Å². The number of carbonyl (C=O) groups is 1. The number of aliphatic hydroxyl groups excluding tert-OH is 1. The molecule has 88 valence electrons. The molecule has 0 heterocycles. The molecule has 1 fully saturated rings. The Morgan fingerprint density at radius 2 is 2.07 bits per heavy atom. The molecule has 1 saturated carbocycles. The lowest BCUT2D eigenvalue weighted by Gasteiger charge is -2.28. The molecule has 0 aromatic rings. The number of amides is 1. The Balaban J connectivity index is 2.18. The van der Waals surface area contributed by atoms with Crippen LogP contribution in [0.2, 0.25) is 0 Å². The van der Waals surface area contributed by atoms with Crippen molar-refractivity contribution >= 4 is 5.91 Å². The lowest BCUT2D eigenvalue weighted by Crippen LogP contribution is -2.44. The summed E-state index contributed by atoms with van der Waals surface area (Å²) in [4.78, 5) is 11.5. The van der Waals surface area contributed by atoms with E-state index in [-0.39, 0.29) is 18.1 Å². The van der Waals surface area contributed by atoms with E-state index in [1.807, 2.05) is 0 Å². The van der Waals surface area contributed by atoms with Crippen LogP contribution in [0, 0.1) is 0 Å². The first kappa shape index (κ1) is 12.5. The van der Waals surface area contributed by atoms with Crippen molar-refractivity contribution in [3.05, 3.63) is 0 Å². The van der Waals surface area contributed by atoms with E-state index in [1.165, 1.54) is 0 Å². The van der Waals surface area contributed by atoms with Gasteiger partial charge in [-0.2, -0.15) is 0 Å². The second kappa shape index (κ2) is 6.83. The zero-order valence-electron chi connectivity index (χ0n) is 9.67. The summed E-state index contributed by atoms with van der Waals surface area (Å²) in [5.41, 5.74) is 0. The van der Waals surface area contributed by atoms with Crippen LogP contribution < -0.4 is 5.32 Å². The summed E-state index contributed by atoms with van der Waals surface area (Å²) in [6.07, 6.45) is 7.47. The minimum Gasteiger partial charge on any atom is -0.391 e. The average Bonchev–Trinajstić information content (AvgIpc) is 2.22. The summed E-state index contributed by atoms with van der Waals surface area (Å²) in [6.45, 7) is 2.13. The van der Waals surface area contributed by atoms with Gasteiger partial charge in [-0.1, -0.05) is 32.6 Å². The maximum atomic E-state index is 11.5. The minimum absolute atomic E-state index is 0.00729. The molecule has 3 heteroatoms. The number of hydrogen-bond acceptors (Lipinski definition) is 2. The van der Waals surface area contributed by atoms with Crippen molar-refractivity contribution < 1.29 is 9.90 Å². The fourth-order valence-electron chi connectivity index (χ4n) is 2.09. The quantitative estimate of drug-likeness (QED) is 0.686. The Bertz CT molecular complexity index is 194. The fourth-order valence-corrected chi connectivity index (χ4v) is 2.09. The van der Waals surface area contributed by atoms with Crippen LogP contribution in [0.4, 0.5) is 0 Å². The Morgan fingerprint density at radius 3 is 2.73 bits per heavy atom. The highest BCUT2D eigenvalue weighted by Gasteiger charge is 2.23. The monoisotopic (exact) mass is 213 g/mol. The molecule has 1 aliphatic rings. The van der Waals surface area contributed by atoms with E-state index in [9.17, 15) is 9.90 Å². The van der Waals surface area contributed by atoms with Crippen LogP contribution in [0.15, 0.2) is 0 Å². The smallest absolute Gasteiger partial charge is 0.220 e. The van der Waals surface area contributed by atoms with Gasteiger partial charge in [0.15, 0.2) is 0 Å². The van der Waals surface area contributed by atoms with Crippen LogP contribution in [0.25, 0.3) is 0 Å². The number of nitrogens with one attached hydrogen (secondary N) is 1. The molecule has 0 aromatic heterocycles. The lowest BCUT2D eigenvalue weighted by molar-refractivity contribution is -0.123. The van der Waals surface area contributed by atoms with Gasteiger partial charge in [-0.15, -0.1) is 0 Å². The summed E-state index contributed by atoms with van der Waals surface area (Å²) in [5.74, 6) is 0.106. The first-order valence-electron chi connectivity index (χ1n) is 6.21. The van der Waals surface area contributed by atoms with Crippen molar-refractivity contribution in [2.75, 3.05) is 0 Å². The second-order valence-corrected chi connectivity index (χ2v) is 4.48. The van der Waals surface area contributed by atoms with Gasteiger partial charge in [0, 0.05) is 6.42 Å². The maximum Gasteiger partial charge on any atom is 0.220 e. The molecular weight excluding hydrogens is 190 g/mol. The van der Waals surface area contributed by atoms with E-state index in [1.54, 1.807) is 0 Å². The Morgan fingerprint density at radius 1 is 1.33 bits per heavy atom. The molecule has 0 aromatic carbocycles. The minimum atomic E-state index is -0.325. The van der Waals surface area contributed by atoms with Gasteiger partial charge in [0.25, 0.3) is 0 Å². The predicted octanol–water partition coefficient (Wildman–Crippen LogP) is 1.99. The van der Waals surface area contributed by atoms with Gasteiger partial charge in [-0.3, -0.25) is 4.79 Å². The van der Waals surface area contributed by atoms with Crippen LogP contribution in [-0.2, 0) is 4.79 Å². The SMILES string of the molecule is CCCCCC(=O)N[C@@H]1CCCC[C@H]1O. The number of carbonyl (C=O) groups excluding carboxylic acids is 1. The van der Waals surface area contributed by atoms with Gasteiger partial charge < -0.3 is 10.4 Å². The molecule has 0 spiro atoms. The van der Waals surface area contributed by atoms with Gasteiger partial charge >= 0.3 is 0 Å². The summed E-state index contributed by atoms with van der Waals surface area (Å²) in [7, 11) is 0. The van der Waals surface area contributed by atoms with Crippen molar-refractivity contribution in [1.82, 2.24) is 5.32 Å². The van der Waals surface area contributed by atoms with E-state index in [2.05, 4.69) is 12.2 Å². The molecule has 2 atom stereocenters. The van der Waals surface area contributed by atoms with E-state index >= 15 is 0 Å². The molecule has 0 saturated heterocycles. The zero-order chi connectivity index (χ0) is 11.1. The highest BCUT2D eigenvalue weighted by atomic mass is 16.3. The predicted molar refractivity (Wildman–Crippen MR) is 60.5 cm³/mol. The summed E-state index contributed by atoms with van der Waals surface area (Å²) < 4.78 is 0. The highest BCUT2D eigenvalue weighted by molar-refractivity contribution is 5.76. The average molecular weight is 213 g/mol. The van der Waals surface area contributed by atoms with Gasteiger partial charge in [0.05, 0.1) is 12.1 Å². The van der Waals surface area contributed by atoms with Crippen molar-refractivity contribution in [1.29, 1.82) is 0 Å². The Labute approximate surface area is 92.3 Å². The van der Waals surface area contributed by atoms with E-state index in [0.717, 1.165) is 44.9 Å². The summed E-state index contributed by atoms with van der Waals surface area (Å²) in [6, 6.07) is 0.00729. The molecule has 1 amide bonds. The largest absolute Gasteiger partial charge is 0.391 e. The van der Waals surface area contributed by atoms with Crippen molar-refractivity contribution in [2.24, 2.45) is 0 Å². The van der Waals surface area contributed by atoms with Gasteiger partial charge in [-0.05, 0) is 19.3 Å². The third-order valence-electron chi connectivity index (χ3n) is 3.08. The van der Waals surface area contributed by atoms with Crippen LogP contribution in [0.5, 0.6) is 0 Å². The van der Waals surface area contributed by atoms with Gasteiger partial charge in [-0.25, -0.2) is 0 Å². The molecule has 2 N–H and O–H groups in total. The maximum absolute atomic E-state index is 11.5. The lowest BCUT2D eigenvalue weighted by atomic mass is 9.92. The first-order valence-corrected chi connectivity index (χ1v) is 6.21. The number of unbranched alkanes of at least 4 members (excludes halogenated alkanes) is 2. The van der Waals surface area contributed by atoms with Crippen molar-refractivity contribution in [3.8, 4) is 0 Å². The first-order chi connectivity index (χ1) is 7.24. The van der Waals surface area contributed by atoms with Crippen LogP contribution in [-0.4, -0.2) is 23.2 Å². The fraction of sp³-hybridized carbons (Fsp3) is 0.917. The molecular formula is C12H23NO2. The highest BCUT2D eigenvalue weighted by Crippen LogP contribution is 2.18. The topological polar surface area (TPSA) is 49.3 Å². The molecule has 1 aliphatic carbocycles. The van der Waals surface area contributed by atoms with Crippen LogP contribution >= 0.6 is 0 Å². The summed E-state index contributed by atoms with van der Waals surface area (Å²) >= 11 is 0. The third-order valence-corrected chi connectivity index (χ3v) is 3.08. The molecule has 0 bridgehead atoms. The van der Waals surface area contributed by atoms with Gasteiger partial charge in [0.1, 0.15) is 0 Å². The van der Waals surface area contributed by atoms with Crippen LogP contribution in [0.3, 0.4) is 0 Å². The molecule has 0 radical (unpaired) electrons. The van der Waals surface area contributed by atoms with Gasteiger partial charge in [0.2, 0.25) is 5.91 Å². The van der Waals surface area contributed by atoms with E-state index in [4.69, 9.17) is 0 Å². The molecule has 0 aliphatic heterocycles. The Kier molecular flexibility index (Phi) is 5.69. The molecule has 1 rings (SSSR count). The zero-order valence-corrected chi connectivity index (χ0v) is 9.67. The van der Waals surface area contributed by atoms with Crippen molar-refractivity contribution in [2.45, 2.75) is 70.4 Å². The summed E-state index contributed by atoms with van der Waals surface area (Å²) in [5, 5.41) is 12.6. The second-order valence-electron chi connectivity index (χ2n) is 4.48. The third kappa shape index (κ3) is 4.65. The van der Waals surface area contributed by atoms with E-state index in [0.29, 0.717) is 6.42 Å². The van der Waals surface area contributed by atoms with E-state index < -0.39 is 0 Å². The normalized spacial score (nSPS) is 26.3. The standard InChI is InChI=1S/C12H23NO2/c1-2-3-4-9-12(15)13-10-7-5-6-8-11(10)14/h10-11,14H,2-9H2,1H3,(H,13,15)/t10-,11-/m1/s1. The van der Waals surface area contributed by atoms with Crippen LogP contribution in [0.1, 0.15) is 58.3 Å². The number of rotatable bonds is 5. The molecule has 15 heavy (non-hydrogen) atoms. The molecule has 3 nitrogen and oxygen atoms in total. The number of hydrogen-bond donors (Lipinski definition) is 2. The molecule has 0 unspecified atom stereocenters.